The van der Waals surface area contributed by atoms with Gasteiger partial charge in [-0.3, -0.25) is 5.10 Å². The minimum absolute atomic E-state index is 0.0406. The van der Waals surface area contributed by atoms with Crippen LogP contribution < -0.4 is 10.5 Å². The predicted molar refractivity (Wildman–Crippen MR) is 76.6 cm³/mol. The van der Waals surface area contributed by atoms with Crippen LogP contribution in [-0.2, 0) is 16.6 Å². The van der Waals surface area contributed by atoms with Crippen LogP contribution in [0.2, 0.25) is 5.02 Å². The molecule has 21 heavy (non-hydrogen) atoms. The largest absolute Gasteiger partial charge is 0.326 e. The Kier molecular flexibility index (Phi) is 4.62. The number of benzene rings is 1. The zero-order valence-electron chi connectivity index (χ0n) is 11.1. The normalized spacial score (nSPS) is 13.3. The monoisotopic (exact) mass is 332 g/mol. The summed E-state index contributed by atoms with van der Waals surface area (Å²) >= 11 is 5.81. The number of rotatable bonds is 5. The van der Waals surface area contributed by atoms with Crippen molar-refractivity contribution in [3.8, 4) is 0 Å². The predicted octanol–water partition coefficient (Wildman–Crippen LogP) is 1.70. The molecule has 1 unspecified atom stereocenters. The third-order valence-electron chi connectivity index (χ3n) is 2.94. The number of halogens is 2. The molecule has 0 saturated heterocycles. The lowest BCUT2D eigenvalue weighted by Gasteiger charge is -2.14. The Morgan fingerprint density at radius 3 is 2.81 bits per heavy atom. The van der Waals surface area contributed by atoms with Gasteiger partial charge in [0.2, 0.25) is 10.0 Å². The van der Waals surface area contributed by atoms with Crippen molar-refractivity contribution in [3.05, 3.63) is 46.5 Å². The fourth-order valence-corrected chi connectivity index (χ4v) is 3.51. The van der Waals surface area contributed by atoms with E-state index in [2.05, 4.69) is 14.9 Å². The van der Waals surface area contributed by atoms with Crippen LogP contribution >= 0.6 is 11.6 Å². The number of aromatic amines is 1. The highest BCUT2D eigenvalue weighted by atomic mass is 35.5. The Labute approximate surface area is 126 Å². The van der Waals surface area contributed by atoms with E-state index in [1.807, 2.05) is 0 Å². The Morgan fingerprint density at radius 2 is 2.24 bits per heavy atom. The van der Waals surface area contributed by atoms with Crippen LogP contribution in [0.1, 0.15) is 24.1 Å². The Morgan fingerprint density at radius 1 is 1.52 bits per heavy atom. The van der Waals surface area contributed by atoms with Crippen LogP contribution in [-0.4, -0.2) is 18.6 Å². The topological polar surface area (TPSA) is 101 Å². The van der Waals surface area contributed by atoms with Crippen LogP contribution in [0.3, 0.4) is 0 Å². The molecular weight excluding hydrogens is 319 g/mol. The smallest absolute Gasteiger partial charge is 0.244 e. The van der Waals surface area contributed by atoms with E-state index in [1.165, 1.54) is 12.3 Å². The van der Waals surface area contributed by atoms with Crippen molar-refractivity contribution >= 4 is 21.6 Å². The van der Waals surface area contributed by atoms with E-state index < -0.39 is 26.8 Å². The van der Waals surface area contributed by atoms with Gasteiger partial charge in [0.1, 0.15) is 10.7 Å². The zero-order chi connectivity index (χ0) is 15.6. The standard InChI is InChI=1S/C12H14ClFN4O2S/c1-7(9-5-16-17-6-9)18-21(19,20)11-3-10(13)2-8(4-15)12(11)14/h2-3,5-7,18H,4,15H2,1H3,(H,16,17). The Balaban J connectivity index is 2.38. The fourth-order valence-electron chi connectivity index (χ4n) is 1.82. The third kappa shape index (κ3) is 3.41. The number of nitrogens with one attached hydrogen (secondary N) is 2. The number of hydrogen-bond acceptors (Lipinski definition) is 4. The van der Waals surface area contributed by atoms with Crippen LogP contribution in [0.25, 0.3) is 0 Å². The second kappa shape index (κ2) is 6.10. The van der Waals surface area contributed by atoms with Crippen LogP contribution in [0.4, 0.5) is 4.39 Å². The van der Waals surface area contributed by atoms with Crippen molar-refractivity contribution in [2.45, 2.75) is 24.4 Å². The molecule has 0 saturated carbocycles. The van der Waals surface area contributed by atoms with Gasteiger partial charge >= 0.3 is 0 Å². The zero-order valence-corrected chi connectivity index (χ0v) is 12.7. The molecule has 0 bridgehead atoms. The van der Waals surface area contributed by atoms with Crippen molar-refractivity contribution in [1.29, 1.82) is 0 Å². The molecule has 1 aromatic heterocycles. The maximum Gasteiger partial charge on any atom is 0.244 e. The van der Waals surface area contributed by atoms with Gasteiger partial charge in [-0.25, -0.2) is 17.5 Å². The summed E-state index contributed by atoms with van der Waals surface area (Å²) in [6.45, 7) is 1.47. The van der Waals surface area contributed by atoms with Crippen molar-refractivity contribution in [2.24, 2.45) is 5.73 Å². The van der Waals surface area contributed by atoms with Gasteiger partial charge in [-0.15, -0.1) is 0 Å². The minimum atomic E-state index is -4.08. The molecule has 2 aromatic rings. The highest BCUT2D eigenvalue weighted by Crippen LogP contribution is 2.25. The Bertz CT molecular complexity index is 734. The highest BCUT2D eigenvalue weighted by molar-refractivity contribution is 7.89. The average molecular weight is 333 g/mol. The number of H-pyrrole nitrogens is 1. The number of nitrogens with zero attached hydrogens (tertiary/aromatic N) is 1. The van der Waals surface area contributed by atoms with E-state index in [1.54, 1.807) is 13.1 Å². The molecule has 1 atom stereocenters. The molecule has 2 rings (SSSR count). The first-order valence-electron chi connectivity index (χ1n) is 6.04. The van der Waals surface area contributed by atoms with E-state index in [9.17, 15) is 12.8 Å². The molecule has 0 aliphatic heterocycles. The number of nitrogens with two attached hydrogens (primary N) is 1. The number of aromatic nitrogens is 2. The van der Waals surface area contributed by atoms with Crippen molar-refractivity contribution in [3.63, 3.8) is 0 Å². The molecule has 0 aliphatic rings. The summed E-state index contributed by atoms with van der Waals surface area (Å²) in [5.74, 6) is -0.895. The van der Waals surface area contributed by atoms with Gasteiger partial charge < -0.3 is 5.73 Å². The fraction of sp³-hybridized carbons (Fsp3) is 0.250. The third-order valence-corrected chi connectivity index (χ3v) is 4.70. The quantitative estimate of drug-likeness (QED) is 0.775. The molecule has 6 nitrogen and oxygen atoms in total. The minimum Gasteiger partial charge on any atom is -0.326 e. The molecule has 9 heteroatoms. The molecule has 0 spiro atoms. The number of sulfonamides is 1. The van der Waals surface area contributed by atoms with Gasteiger partial charge in [0.15, 0.2) is 0 Å². The van der Waals surface area contributed by atoms with Crippen LogP contribution in [0.5, 0.6) is 0 Å². The van der Waals surface area contributed by atoms with E-state index in [4.69, 9.17) is 17.3 Å². The first-order chi connectivity index (χ1) is 9.85. The van der Waals surface area contributed by atoms with Gasteiger partial charge in [0.25, 0.3) is 0 Å². The lowest BCUT2D eigenvalue weighted by Crippen LogP contribution is -2.28. The van der Waals surface area contributed by atoms with Gasteiger partial charge in [-0.05, 0) is 19.1 Å². The summed E-state index contributed by atoms with van der Waals surface area (Å²) in [5.41, 5.74) is 6.05. The van der Waals surface area contributed by atoms with Crippen LogP contribution in [0, 0.1) is 5.82 Å². The van der Waals surface area contributed by atoms with Crippen LogP contribution in [0.15, 0.2) is 29.4 Å². The molecule has 0 amide bonds. The second-order valence-electron chi connectivity index (χ2n) is 4.46. The first-order valence-corrected chi connectivity index (χ1v) is 7.90. The first kappa shape index (κ1) is 15.9. The maximum atomic E-state index is 14.2. The van der Waals surface area contributed by atoms with E-state index in [-0.39, 0.29) is 17.1 Å². The summed E-state index contributed by atoms with van der Waals surface area (Å²) < 4.78 is 41.1. The lowest BCUT2D eigenvalue weighted by atomic mass is 10.2. The molecule has 1 aromatic carbocycles. The Hall–Kier alpha value is -1.48. The molecule has 4 N–H and O–H groups in total. The average Bonchev–Trinajstić information content (AvgIpc) is 2.94. The van der Waals surface area contributed by atoms with E-state index in [0.29, 0.717) is 5.56 Å². The molecular formula is C12H14ClFN4O2S. The summed E-state index contributed by atoms with van der Waals surface area (Å²) in [7, 11) is -4.08. The summed E-state index contributed by atoms with van der Waals surface area (Å²) in [6, 6.07) is 1.78. The SMILES string of the molecule is CC(NS(=O)(=O)c1cc(Cl)cc(CN)c1F)c1cn[nH]c1. The molecule has 0 aliphatic carbocycles. The van der Waals surface area contributed by atoms with Crippen molar-refractivity contribution in [1.82, 2.24) is 14.9 Å². The van der Waals surface area contributed by atoms with E-state index in [0.717, 1.165) is 6.07 Å². The van der Waals surface area contributed by atoms with Crippen molar-refractivity contribution < 1.29 is 12.8 Å². The van der Waals surface area contributed by atoms with Gasteiger partial charge in [-0.1, -0.05) is 11.6 Å². The maximum absolute atomic E-state index is 14.2. The highest BCUT2D eigenvalue weighted by Gasteiger charge is 2.24. The number of hydrogen-bond donors (Lipinski definition) is 3. The van der Waals surface area contributed by atoms with Gasteiger partial charge in [0.05, 0.1) is 6.20 Å². The van der Waals surface area contributed by atoms with Gasteiger partial charge in [-0.2, -0.15) is 5.10 Å². The summed E-state index contributed by atoms with van der Waals surface area (Å²) in [4.78, 5) is -0.522. The lowest BCUT2D eigenvalue weighted by molar-refractivity contribution is 0.541. The van der Waals surface area contributed by atoms with Gasteiger partial charge in [0, 0.05) is 34.9 Å². The summed E-state index contributed by atoms with van der Waals surface area (Å²) in [6.07, 6.45) is 3.03. The molecule has 0 radical (unpaired) electrons. The van der Waals surface area contributed by atoms with Crippen molar-refractivity contribution in [2.75, 3.05) is 0 Å². The van der Waals surface area contributed by atoms with E-state index >= 15 is 0 Å². The summed E-state index contributed by atoms with van der Waals surface area (Å²) in [5, 5.41) is 6.42. The molecule has 1 heterocycles. The second-order valence-corrected chi connectivity index (χ2v) is 6.57. The molecule has 0 fully saturated rings. The molecule has 114 valence electrons.